The highest BCUT2D eigenvalue weighted by molar-refractivity contribution is 9.09. The van der Waals surface area contributed by atoms with E-state index in [4.69, 9.17) is 4.74 Å². The predicted octanol–water partition coefficient (Wildman–Crippen LogP) is 3.72. The van der Waals surface area contributed by atoms with Crippen LogP contribution in [-0.2, 0) is 0 Å². The summed E-state index contributed by atoms with van der Waals surface area (Å²) in [7, 11) is 0. The number of halogens is 1. The van der Waals surface area contributed by atoms with Crippen molar-refractivity contribution in [2.24, 2.45) is 0 Å². The van der Waals surface area contributed by atoms with Crippen LogP contribution in [0.1, 0.15) is 31.7 Å². The van der Waals surface area contributed by atoms with Gasteiger partial charge in [0.25, 0.3) is 0 Å². The van der Waals surface area contributed by atoms with Crippen molar-refractivity contribution in [3.63, 3.8) is 0 Å². The van der Waals surface area contributed by atoms with Gasteiger partial charge in [-0.1, -0.05) is 28.1 Å². The van der Waals surface area contributed by atoms with Gasteiger partial charge in [-0.05, 0) is 43.9 Å². The second-order valence-electron chi connectivity index (χ2n) is 4.09. The van der Waals surface area contributed by atoms with E-state index in [1.165, 1.54) is 12.0 Å². The first kappa shape index (κ1) is 10.0. The van der Waals surface area contributed by atoms with E-state index in [1.54, 1.807) is 0 Å². The normalized spacial score (nSPS) is 25.1. The Morgan fingerprint density at radius 3 is 2.29 bits per heavy atom. The number of ether oxygens (including phenoxy) is 1. The highest BCUT2D eigenvalue weighted by atomic mass is 79.9. The van der Waals surface area contributed by atoms with E-state index < -0.39 is 0 Å². The molecule has 0 bridgehead atoms. The van der Waals surface area contributed by atoms with Gasteiger partial charge in [0.05, 0.1) is 6.10 Å². The van der Waals surface area contributed by atoms with Crippen molar-refractivity contribution in [2.75, 3.05) is 0 Å². The molecule has 0 spiro atoms. The molecule has 0 N–H and O–H groups in total. The molecule has 0 saturated heterocycles. The van der Waals surface area contributed by atoms with Crippen molar-refractivity contribution in [3.8, 4) is 5.75 Å². The summed E-state index contributed by atoms with van der Waals surface area (Å²) < 4.78 is 5.58. The van der Waals surface area contributed by atoms with Crippen molar-refractivity contribution in [3.05, 3.63) is 29.8 Å². The molecule has 76 valence electrons. The average molecular weight is 255 g/mol. The third-order valence-electron chi connectivity index (χ3n) is 2.39. The Hall–Kier alpha value is -0.500. The number of benzene rings is 1. The molecule has 2 heteroatoms. The molecular weight excluding hydrogens is 240 g/mol. The fourth-order valence-corrected chi connectivity index (χ4v) is 2.28. The summed E-state index contributed by atoms with van der Waals surface area (Å²) in [5.41, 5.74) is 1.42. The molecule has 0 aromatic heterocycles. The van der Waals surface area contributed by atoms with Crippen molar-refractivity contribution in [1.29, 1.82) is 0 Å². The van der Waals surface area contributed by atoms with Gasteiger partial charge in [0, 0.05) is 4.83 Å². The smallest absolute Gasteiger partial charge is 0.119 e. The zero-order valence-corrected chi connectivity index (χ0v) is 10.1. The minimum Gasteiger partial charge on any atom is -0.491 e. The van der Waals surface area contributed by atoms with Gasteiger partial charge in [-0.2, -0.15) is 0 Å². The Morgan fingerprint density at radius 2 is 1.86 bits per heavy atom. The zero-order valence-electron chi connectivity index (χ0n) is 8.53. The number of hydrogen-bond donors (Lipinski definition) is 0. The van der Waals surface area contributed by atoms with Crippen LogP contribution in [0.3, 0.4) is 0 Å². The Balaban J connectivity index is 2.03. The highest BCUT2D eigenvalue weighted by Crippen LogP contribution is 2.46. The Bertz CT molecular complexity index is 305. The summed E-state index contributed by atoms with van der Waals surface area (Å²) in [6.45, 7) is 4.09. The number of hydrogen-bond acceptors (Lipinski definition) is 1. The molecule has 2 atom stereocenters. The second-order valence-corrected chi connectivity index (χ2v) is 5.27. The van der Waals surface area contributed by atoms with Gasteiger partial charge in [0.2, 0.25) is 0 Å². The largest absolute Gasteiger partial charge is 0.491 e. The van der Waals surface area contributed by atoms with E-state index in [1.807, 2.05) is 13.8 Å². The minimum atomic E-state index is 0.255. The van der Waals surface area contributed by atoms with E-state index >= 15 is 0 Å². The first-order valence-electron chi connectivity index (χ1n) is 5.07. The van der Waals surface area contributed by atoms with Gasteiger partial charge in [-0.15, -0.1) is 0 Å². The standard InChI is InChI=1S/C12H15BrO/c1-8(2)14-10-5-3-9(4-6-10)11-7-12(11)13/h3-6,8,11-12H,7H2,1-2H3. The van der Waals surface area contributed by atoms with Gasteiger partial charge in [-0.25, -0.2) is 0 Å². The number of alkyl halides is 1. The van der Waals surface area contributed by atoms with Crippen LogP contribution < -0.4 is 4.74 Å². The van der Waals surface area contributed by atoms with E-state index in [0.29, 0.717) is 4.83 Å². The lowest BCUT2D eigenvalue weighted by atomic mass is 10.1. The molecule has 1 aromatic carbocycles. The van der Waals surface area contributed by atoms with Crippen LogP contribution in [-0.4, -0.2) is 10.9 Å². The molecule has 0 amide bonds. The van der Waals surface area contributed by atoms with Gasteiger partial charge in [-0.3, -0.25) is 0 Å². The van der Waals surface area contributed by atoms with Crippen LogP contribution in [0.5, 0.6) is 5.75 Å². The zero-order chi connectivity index (χ0) is 10.1. The summed E-state index contributed by atoms with van der Waals surface area (Å²) in [5.74, 6) is 1.69. The van der Waals surface area contributed by atoms with E-state index in [0.717, 1.165) is 11.7 Å². The van der Waals surface area contributed by atoms with Crippen LogP contribution in [0.15, 0.2) is 24.3 Å². The lowest BCUT2D eigenvalue weighted by Crippen LogP contribution is -2.05. The number of rotatable bonds is 3. The van der Waals surface area contributed by atoms with E-state index in [9.17, 15) is 0 Å². The fourth-order valence-electron chi connectivity index (χ4n) is 1.57. The van der Waals surface area contributed by atoms with Crippen LogP contribution in [0.2, 0.25) is 0 Å². The van der Waals surface area contributed by atoms with Gasteiger partial charge >= 0.3 is 0 Å². The maximum Gasteiger partial charge on any atom is 0.119 e. The monoisotopic (exact) mass is 254 g/mol. The summed E-state index contributed by atoms with van der Waals surface area (Å²) in [5, 5.41) is 0. The lowest BCUT2D eigenvalue weighted by molar-refractivity contribution is 0.242. The van der Waals surface area contributed by atoms with E-state index in [2.05, 4.69) is 40.2 Å². The van der Waals surface area contributed by atoms with Crippen molar-refractivity contribution >= 4 is 15.9 Å². The lowest BCUT2D eigenvalue weighted by Gasteiger charge is -2.09. The topological polar surface area (TPSA) is 9.23 Å². The molecule has 1 aliphatic carbocycles. The summed E-state index contributed by atoms with van der Waals surface area (Å²) >= 11 is 3.61. The maximum absolute atomic E-state index is 5.58. The van der Waals surface area contributed by atoms with Gasteiger partial charge in [0.1, 0.15) is 5.75 Å². The maximum atomic E-state index is 5.58. The van der Waals surface area contributed by atoms with Crippen molar-refractivity contribution in [2.45, 2.75) is 37.1 Å². The summed E-state index contributed by atoms with van der Waals surface area (Å²) in [6.07, 6.45) is 1.52. The molecule has 2 rings (SSSR count). The Kier molecular flexibility index (Phi) is 2.82. The molecular formula is C12H15BrO. The molecule has 2 unspecified atom stereocenters. The summed E-state index contributed by atoms with van der Waals surface area (Å²) in [4.78, 5) is 0.694. The second kappa shape index (κ2) is 3.93. The first-order chi connectivity index (χ1) is 6.66. The van der Waals surface area contributed by atoms with Crippen LogP contribution in [0, 0.1) is 0 Å². The molecule has 14 heavy (non-hydrogen) atoms. The molecule has 1 aliphatic rings. The third kappa shape index (κ3) is 2.30. The predicted molar refractivity (Wildman–Crippen MR) is 62.3 cm³/mol. The van der Waals surface area contributed by atoms with Crippen LogP contribution >= 0.6 is 15.9 Å². The van der Waals surface area contributed by atoms with E-state index in [-0.39, 0.29) is 6.10 Å². The van der Waals surface area contributed by atoms with Gasteiger partial charge in [0.15, 0.2) is 0 Å². The highest BCUT2D eigenvalue weighted by Gasteiger charge is 2.35. The van der Waals surface area contributed by atoms with Crippen molar-refractivity contribution in [1.82, 2.24) is 0 Å². The Morgan fingerprint density at radius 1 is 1.29 bits per heavy atom. The molecule has 0 radical (unpaired) electrons. The van der Waals surface area contributed by atoms with Crippen LogP contribution in [0.4, 0.5) is 0 Å². The summed E-state index contributed by atoms with van der Waals surface area (Å²) in [6, 6.07) is 8.47. The van der Waals surface area contributed by atoms with Crippen LogP contribution in [0.25, 0.3) is 0 Å². The van der Waals surface area contributed by atoms with Crippen molar-refractivity contribution < 1.29 is 4.74 Å². The third-order valence-corrected chi connectivity index (χ3v) is 3.40. The average Bonchev–Trinajstić information content (AvgIpc) is 2.83. The minimum absolute atomic E-state index is 0.255. The quantitative estimate of drug-likeness (QED) is 0.748. The first-order valence-corrected chi connectivity index (χ1v) is 5.99. The fraction of sp³-hybridized carbons (Fsp3) is 0.500. The molecule has 1 aromatic rings. The molecule has 0 heterocycles. The van der Waals surface area contributed by atoms with Gasteiger partial charge < -0.3 is 4.74 Å². The SMILES string of the molecule is CC(C)Oc1ccc(C2CC2Br)cc1. The molecule has 0 aliphatic heterocycles. The molecule has 1 fully saturated rings. The Labute approximate surface area is 93.6 Å². The molecule has 1 nitrogen and oxygen atoms in total. The molecule has 1 saturated carbocycles.